The molecule has 92 valence electrons. The average Bonchev–Trinajstić information content (AvgIpc) is 2.40. The topological polar surface area (TPSA) is 38.3 Å². The zero-order chi connectivity index (χ0) is 12.8. The van der Waals surface area contributed by atoms with Crippen molar-refractivity contribution in [2.75, 3.05) is 11.9 Å². The lowest BCUT2D eigenvalue weighted by molar-refractivity contribution is -0.118. The smallest absolute Gasteiger partial charge is 0.262 e. The van der Waals surface area contributed by atoms with Gasteiger partial charge in [0.2, 0.25) is 0 Å². The highest BCUT2D eigenvalue weighted by atomic mass is 79.9. The minimum absolute atomic E-state index is 0.00858. The molecule has 0 atom stereocenters. The molecule has 0 saturated carbocycles. The first-order valence-electron chi connectivity index (χ1n) is 5.48. The predicted molar refractivity (Wildman–Crippen MR) is 74.7 cm³/mol. The van der Waals surface area contributed by atoms with E-state index in [4.69, 9.17) is 4.74 Å². The highest BCUT2D eigenvalue weighted by Crippen LogP contribution is 2.21. The number of halogens is 1. The van der Waals surface area contributed by atoms with Crippen LogP contribution < -0.4 is 10.1 Å². The van der Waals surface area contributed by atoms with Crippen LogP contribution in [0.3, 0.4) is 0 Å². The molecular formula is C14H12BrNO2. The molecule has 0 bridgehead atoms. The molecule has 0 aliphatic heterocycles. The Labute approximate surface area is 114 Å². The van der Waals surface area contributed by atoms with Crippen LogP contribution in [0.2, 0.25) is 0 Å². The van der Waals surface area contributed by atoms with E-state index in [9.17, 15) is 4.79 Å². The third-order valence-electron chi connectivity index (χ3n) is 2.26. The number of carbonyl (C=O) groups excluding carboxylic acids is 1. The van der Waals surface area contributed by atoms with Crippen molar-refractivity contribution in [3.8, 4) is 5.75 Å². The largest absolute Gasteiger partial charge is 0.484 e. The molecule has 0 saturated heterocycles. The molecule has 0 radical (unpaired) electrons. The Hall–Kier alpha value is -1.81. The van der Waals surface area contributed by atoms with Gasteiger partial charge in [0.25, 0.3) is 5.91 Å². The molecule has 2 rings (SSSR count). The van der Waals surface area contributed by atoms with E-state index in [1.54, 1.807) is 0 Å². The van der Waals surface area contributed by atoms with E-state index in [1.807, 2.05) is 54.6 Å². The van der Waals surface area contributed by atoms with Gasteiger partial charge in [-0.15, -0.1) is 0 Å². The number of carbonyl (C=O) groups is 1. The van der Waals surface area contributed by atoms with E-state index in [-0.39, 0.29) is 12.5 Å². The van der Waals surface area contributed by atoms with Crippen LogP contribution in [-0.2, 0) is 4.79 Å². The van der Waals surface area contributed by atoms with Crippen LogP contribution in [0.25, 0.3) is 0 Å². The maximum atomic E-state index is 11.7. The SMILES string of the molecule is O=C(COc1ccccc1)Nc1ccccc1Br. The number of para-hydroxylation sites is 2. The zero-order valence-electron chi connectivity index (χ0n) is 9.60. The van der Waals surface area contributed by atoms with Gasteiger partial charge in [0.05, 0.1) is 5.69 Å². The summed E-state index contributed by atoms with van der Waals surface area (Å²) in [4.78, 5) is 11.7. The normalized spacial score (nSPS) is 9.83. The number of rotatable bonds is 4. The van der Waals surface area contributed by atoms with Gasteiger partial charge < -0.3 is 10.1 Å². The fourth-order valence-electron chi connectivity index (χ4n) is 1.41. The summed E-state index contributed by atoms with van der Waals surface area (Å²) in [7, 11) is 0. The molecule has 1 amide bonds. The van der Waals surface area contributed by atoms with E-state index >= 15 is 0 Å². The van der Waals surface area contributed by atoms with Crippen LogP contribution in [0.4, 0.5) is 5.69 Å². The molecular weight excluding hydrogens is 294 g/mol. The molecule has 0 heterocycles. The second kappa shape index (κ2) is 6.21. The van der Waals surface area contributed by atoms with Gasteiger partial charge >= 0.3 is 0 Å². The number of amides is 1. The first kappa shape index (κ1) is 12.6. The quantitative estimate of drug-likeness (QED) is 0.939. The number of hydrogen-bond donors (Lipinski definition) is 1. The number of nitrogens with one attached hydrogen (secondary N) is 1. The minimum Gasteiger partial charge on any atom is -0.484 e. The third-order valence-corrected chi connectivity index (χ3v) is 2.95. The van der Waals surface area contributed by atoms with Crippen molar-refractivity contribution >= 4 is 27.5 Å². The number of hydrogen-bond acceptors (Lipinski definition) is 2. The summed E-state index contributed by atoms with van der Waals surface area (Å²) in [6, 6.07) is 16.7. The van der Waals surface area contributed by atoms with Gasteiger partial charge in [-0.1, -0.05) is 30.3 Å². The Morgan fingerprint density at radius 3 is 2.44 bits per heavy atom. The summed E-state index contributed by atoms with van der Waals surface area (Å²) in [5.41, 5.74) is 0.735. The Bertz CT molecular complexity index is 528. The molecule has 0 aliphatic rings. The third kappa shape index (κ3) is 3.60. The van der Waals surface area contributed by atoms with Gasteiger partial charge in [0.1, 0.15) is 5.75 Å². The molecule has 18 heavy (non-hydrogen) atoms. The van der Waals surface area contributed by atoms with Crippen LogP contribution >= 0.6 is 15.9 Å². The fraction of sp³-hybridized carbons (Fsp3) is 0.0714. The zero-order valence-corrected chi connectivity index (χ0v) is 11.2. The molecule has 0 aliphatic carbocycles. The summed E-state index contributed by atoms with van der Waals surface area (Å²) in [6.45, 7) is -0.00858. The van der Waals surface area contributed by atoms with Gasteiger partial charge in [-0.05, 0) is 40.2 Å². The minimum atomic E-state index is -0.189. The number of ether oxygens (including phenoxy) is 1. The lowest BCUT2D eigenvalue weighted by Crippen LogP contribution is -2.20. The van der Waals surface area contributed by atoms with E-state index < -0.39 is 0 Å². The lowest BCUT2D eigenvalue weighted by atomic mass is 10.3. The van der Waals surface area contributed by atoms with Crippen LogP contribution in [0.1, 0.15) is 0 Å². The first-order chi connectivity index (χ1) is 8.75. The van der Waals surface area contributed by atoms with Crippen molar-refractivity contribution in [2.24, 2.45) is 0 Å². The highest BCUT2D eigenvalue weighted by molar-refractivity contribution is 9.10. The summed E-state index contributed by atoms with van der Waals surface area (Å²) >= 11 is 3.37. The maximum Gasteiger partial charge on any atom is 0.262 e. The number of benzene rings is 2. The van der Waals surface area contributed by atoms with E-state index in [1.165, 1.54) is 0 Å². The molecule has 2 aromatic rings. The molecule has 3 nitrogen and oxygen atoms in total. The summed E-state index contributed by atoms with van der Waals surface area (Å²) in [6.07, 6.45) is 0. The van der Waals surface area contributed by atoms with Crippen molar-refractivity contribution in [2.45, 2.75) is 0 Å². The number of anilines is 1. The van der Waals surface area contributed by atoms with E-state index in [0.717, 1.165) is 10.2 Å². The monoisotopic (exact) mass is 305 g/mol. The van der Waals surface area contributed by atoms with Crippen LogP contribution in [0.15, 0.2) is 59.1 Å². The summed E-state index contributed by atoms with van der Waals surface area (Å²) in [5.74, 6) is 0.491. The molecule has 0 aromatic heterocycles. The highest BCUT2D eigenvalue weighted by Gasteiger charge is 2.05. The van der Waals surface area contributed by atoms with Gasteiger partial charge in [0.15, 0.2) is 6.61 Å². The van der Waals surface area contributed by atoms with Crippen molar-refractivity contribution in [1.82, 2.24) is 0 Å². The van der Waals surface area contributed by atoms with Gasteiger partial charge in [-0.3, -0.25) is 4.79 Å². The molecule has 2 aromatic carbocycles. The Kier molecular flexibility index (Phi) is 4.36. The van der Waals surface area contributed by atoms with Crippen molar-refractivity contribution < 1.29 is 9.53 Å². The summed E-state index contributed by atoms with van der Waals surface area (Å²) < 4.78 is 6.20. The lowest BCUT2D eigenvalue weighted by Gasteiger charge is -2.08. The first-order valence-corrected chi connectivity index (χ1v) is 6.27. The Morgan fingerprint density at radius 1 is 1.06 bits per heavy atom. The van der Waals surface area contributed by atoms with Crippen molar-refractivity contribution in [3.05, 3.63) is 59.1 Å². The predicted octanol–water partition coefficient (Wildman–Crippen LogP) is 3.47. The van der Waals surface area contributed by atoms with Gasteiger partial charge in [-0.2, -0.15) is 0 Å². The average molecular weight is 306 g/mol. The molecule has 0 spiro atoms. The Balaban J connectivity index is 1.88. The van der Waals surface area contributed by atoms with Crippen LogP contribution in [-0.4, -0.2) is 12.5 Å². The van der Waals surface area contributed by atoms with Crippen LogP contribution in [0.5, 0.6) is 5.75 Å². The Morgan fingerprint density at radius 2 is 1.72 bits per heavy atom. The van der Waals surface area contributed by atoms with Gasteiger partial charge in [0, 0.05) is 4.47 Å². The van der Waals surface area contributed by atoms with Gasteiger partial charge in [-0.25, -0.2) is 0 Å². The maximum absolute atomic E-state index is 11.7. The second-order valence-corrected chi connectivity index (χ2v) is 4.48. The fourth-order valence-corrected chi connectivity index (χ4v) is 1.80. The van der Waals surface area contributed by atoms with Crippen molar-refractivity contribution in [3.63, 3.8) is 0 Å². The molecule has 0 fully saturated rings. The molecule has 1 N–H and O–H groups in total. The van der Waals surface area contributed by atoms with Crippen molar-refractivity contribution in [1.29, 1.82) is 0 Å². The molecule has 0 unspecified atom stereocenters. The second-order valence-electron chi connectivity index (χ2n) is 3.63. The standard InChI is InChI=1S/C14H12BrNO2/c15-12-8-4-5-9-13(12)16-14(17)10-18-11-6-2-1-3-7-11/h1-9H,10H2,(H,16,17). The molecule has 4 heteroatoms. The van der Waals surface area contributed by atoms with E-state index in [0.29, 0.717) is 5.75 Å². The summed E-state index contributed by atoms with van der Waals surface area (Å²) in [5, 5.41) is 2.77. The van der Waals surface area contributed by atoms with Crippen LogP contribution in [0, 0.1) is 0 Å². The van der Waals surface area contributed by atoms with E-state index in [2.05, 4.69) is 21.2 Å².